The first-order valence-electron chi connectivity index (χ1n) is 3.07. The van der Waals surface area contributed by atoms with E-state index >= 15 is 0 Å². The van der Waals surface area contributed by atoms with Crippen LogP contribution in [0.25, 0.3) is 0 Å². The number of H-pyrrole nitrogens is 1. The number of anilines is 1. The van der Waals surface area contributed by atoms with Crippen molar-refractivity contribution in [2.45, 2.75) is 5.03 Å². The van der Waals surface area contributed by atoms with E-state index in [0.29, 0.717) is 9.67 Å². The van der Waals surface area contributed by atoms with E-state index in [0.717, 1.165) is 5.95 Å². The van der Waals surface area contributed by atoms with Crippen molar-refractivity contribution in [3.8, 4) is 0 Å². The third-order valence-electron chi connectivity index (χ3n) is 1.14. The van der Waals surface area contributed by atoms with Crippen molar-refractivity contribution in [1.29, 1.82) is 0 Å². The summed E-state index contributed by atoms with van der Waals surface area (Å²) >= 11 is 9.03. The highest BCUT2D eigenvalue weighted by Gasteiger charge is 1.96. The van der Waals surface area contributed by atoms with Crippen molar-refractivity contribution >= 4 is 30.8 Å². The molecule has 0 aliphatic rings. The molecule has 0 saturated carbocycles. The molecule has 60 valence electrons. The molecule has 0 bridgehead atoms. The van der Waals surface area contributed by atoms with Gasteiger partial charge in [-0.3, -0.25) is 0 Å². The maximum Gasteiger partial charge on any atom is 0.204 e. The molecule has 0 aliphatic heterocycles. The first-order chi connectivity index (χ1) is 5.09. The second-order valence-electron chi connectivity index (χ2n) is 2.32. The van der Waals surface area contributed by atoms with E-state index in [1.807, 2.05) is 19.0 Å². The molecule has 0 saturated heterocycles. The Morgan fingerprint density at radius 3 is 2.73 bits per heavy atom. The van der Waals surface area contributed by atoms with Gasteiger partial charge in [-0.15, -0.1) is 12.6 Å². The van der Waals surface area contributed by atoms with Crippen LogP contribution < -0.4 is 4.90 Å². The first kappa shape index (κ1) is 8.55. The summed E-state index contributed by atoms with van der Waals surface area (Å²) in [4.78, 5) is 8.87. The summed E-state index contributed by atoms with van der Waals surface area (Å²) in [6.45, 7) is 0. The van der Waals surface area contributed by atoms with Gasteiger partial charge in [0.2, 0.25) is 5.95 Å². The lowest BCUT2D eigenvalue weighted by Crippen LogP contribution is -2.12. The van der Waals surface area contributed by atoms with E-state index in [4.69, 9.17) is 12.2 Å². The molecule has 0 fully saturated rings. The minimum absolute atomic E-state index is 0.637. The van der Waals surface area contributed by atoms with Crippen LogP contribution in [-0.4, -0.2) is 24.1 Å². The molecule has 1 heterocycles. The number of thiol groups is 1. The van der Waals surface area contributed by atoms with Crippen LogP contribution in [0.5, 0.6) is 0 Å². The van der Waals surface area contributed by atoms with E-state index in [1.54, 1.807) is 6.07 Å². The SMILES string of the molecule is CN(C)c1nc(S)cc(=S)[nH]1. The number of nitrogens with one attached hydrogen (secondary N) is 1. The molecule has 5 heteroatoms. The van der Waals surface area contributed by atoms with Crippen LogP contribution in [0.15, 0.2) is 11.1 Å². The van der Waals surface area contributed by atoms with Crippen molar-refractivity contribution in [1.82, 2.24) is 9.97 Å². The minimum Gasteiger partial charge on any atom is -0.348 e. The van der Waals surface area contributed by atoms with Gasteiger partial charge >= 0.3 is 0 Å². The average molecular weight is 187 g/mol. The topological polar surface area (TPSA) is 31.9 Å². The molecule has 0 spiro atoms. The second kappa shape index (κ2) is 3.23. The van der Waals surface area contributed by atoms with Gasteiger partial charge in [0.15, 0.2) is 0 Å². The summed E-state index contributed by atoms with van der Waals surface area (Å²) in [5.74, 6) is 0.725. The molecule has 0 radical (unpaired) electrons. The number of nitrogens with zero attached hydrogens (tertiary/aromatic N) is 2. The summed E-state index contributed by atoms with van der Waals surface area (Å²) in [5, 5.41) is 0.637. The molecule has 3 nitrogen and oxygen atoms in total. The first-order valence-corrected chi connectivity index (χ1v) is 3.93. The molecule has 1 rings (SSSR count). The van der Waals surface area contributed by atoms with Crippen molar-refractivity contribution in [2.24, 2.45) is 0 Å². The predicted molar refractivity (Wildman–Crippen MR) is 51.0 cm³/mol. The van der Waals surface area contributed by atoms with E-state index in [9.17, 15) is 0 Å². The van der Waals surface area contributed by atoms with E-state index in [-0.39, 0.29) is 0 Å². The van der Waals surface area contributed by atoms with Gasteiger partial charge in [0.1, 0.15) is 4.64 Å². The van der Waals surface area contributed by atoms with Gasteiger partial charge in [0.05, 0.1) is 5.03 Å². The zero-order valence-electron chi connectivity index (χ0n) is 6.33. The van der Waals surface area contributed by atoms with Crippen LogP contribution >= 0.6 is 24.8 Å². The van der Waals surface area contributed by atoms with Gasteiger partial charge in [0, 0.05) is 20.2 Å². The third kappa shape index (κ3) is 2.20. The maximum atomic E-state index is 4.94. The Morgan fingerprint density at radius 2 is 2.27 bits per heavy atom. The highest BCUT2D eigenvalue weighted by molar-refractivity contribution is 7.80. The quantitative estimate of drug-likeness (QED) is 0.397. The Kier molecular flexibility index (Phi) is 2.51. The fraction of sp³-hybridized carbons (Fsp3) is 0.333. The zero-order chi connectivity index (χ0) is 8.43. The lowest BCUT2D eigenvalue weighted by Gasteiger charge is -2.10. The average Bonchev–Trinajstić information content (AvgIpc) is 1.85. The largest absolute Gasteiger partial charge is 0.348 e. The van der Waals surface area contributed by atoms with Gasteiger partial charge in [-0.1, -0.05) is 12.2 Å². The number of rotatable bonds is 1. The van der Waals surface area contributed by atoms with E-state index in [1.165, 1.54) is 0 Å². The van der Waals surface area contributed by atoms with Crippen LogP contribution in [0.3, 0.4) is 0 Å². The van der Waals surface area contributed by atoms with Crippen LogP contribution in [-0.2, 0) is 0 Å². The summed E-state index contributed by atoms with van der Waals surface area (Å²) in [6, 6.07) is 1.70. The highest BCUT2D eigenvalue weighted by Crippen LogP contribution is 2.07. The standard InChI is InChI=1S/C6H9N3S2/c1-9(2)6-7-4(10)3-5(11)8-6/h3H,1-2H3,(H2,7,8,10,11). The Morgan fingerprint density at radius 1 is 1.64 bits per heavy atom. The number of hydrogen-bond acceptors (Lipinski definition) is 4. The maximum absolute atomic E-state index is 4.94. The summed E-state index contributed by atoms with van der Waals surface area (Å²) in [7, 11) is 3.78. The van der Waals surface area contributed by atoms with E-state index in [2.05, 4.69) is 22.6 Å². The second-order valence-corrected chi connectivity index (χ2v) is 3.22. The molecule has 11 heavy (non-hydrogen) atoms. The number of hydrogen-bond donors (Lipinski definition) is 2. The minimum atomic E-state index is 0.637. The molecule has 1 aromatic rings. The zero-order valence-corrected chi connectivity index (χ0v) is 8.04. The Balaban J connectivity index is 3.19. The smallest absolute Gasteiger partial charge is 0.204 e. The van der Waals surface area contributed by atoms with Crippen molar-refractivity contribution < 1.29 is 0 Å². The van der Waals surface area contributed by atoms with Gasteiger partial charge in [-0.25, -0.2) is 4.98 Å². The number of aromatic nitrogens is 2. The fourth-order valence-corrected chi connectivity index (χ4v) is 1.16. The molecule has 0 amide bonds. The van der Waals surface area contributed by atoms with Crippen LogP contribution in [0.2, 0.25) is 0 Å². The molecule has 0 atom stereocenters. The third-order valence-corrected chi connectivity index (χ3v) is 1.59. The van der Waals surface area contributed by atoms with Crippen LogP contribution in [0.1, 0.15) is 0 Å². The van der Waals surface area contributed by atoms with Crippen LogP contribution in [0, 0.1) is 4.64 Å². The lowest BCUT2D eigenvalue weighted by atomic mass is 10.6. The molecule has 1 aromatic heterocycles. The van der Waals surface area contributed by atoms with Crippen LogP contribution in [0.4, 0.5) is 5.95 Å². The van der Waals surface area contributed by atoms with Gasteiger partial charge < -0.3 is 9.88 Å². The molecule has 0 aromatic carbocycles. The summed E-state index contributed by atoms with van der Waals surface area (Å²) < 4.78 is 0.647. The molecule has 1 N–H and O–H groups in total. The highest BCUT2D eigenvalue weighted by atomic mass is 32.1. The Bertz CT molecular complexity index is 305. The number of aromatic amines is 1. The Hall–Kier alpha value is -0.550. The van der Waals surface area contributed by atoms with Gasteiger partial charge in [-0.05, 0) is 0 Å². The fourth-order valence-electron chi connectivity index (χ4n) is 0.644. The van der Waals surface area contributed by atoms with Crippen molar-refractivity contribution in [3.63, 3.8) is 0 Å². The molecular formula is C6H9N3S2. The monoisotopic (exact) mass is 187 g/mol. The summed E-state index contributed by atoms with van der Waals surface area (Å²) in [5.41, 5.74) is 0. The summed E-state index contributed by atoms with van der Waals surface area (Å²) in [6.07, 6.45) is 0. The van der Waals surface area contributed by atoms with E-state index < -0.39 is 0 Å². The van der Waals surface area contributed by atoms with Crippen molar-refractivity contribution in [3.05, 3.63) is 10.7 Å². The van der Waals surface area contributed by atoms with Gasteiger partial charge in [-0.2, -0.15) is 0 Å². The molecule has 0 unspecified atom stereocenters. The molecular weight excluding hydrogens is 178 g/mol. The lowest BCUT2D eigenvalue weighted by molar-refractivity contribution is 0.946. The van der Waals surface area contributed by atoms with Crippen molar-refractivity contribution in [2.75, 3.05) is 19.0 Å². The normalized spacial score (nSPS) is 9.73. The predicted octanol–water partition coefficient (Wildman–Crippen LogP) is 1.49. The Labute approximate surface area is 75.9 Å². The molecule has 0 aliphatic carbocycles. The van der Waals surface area contributed by atoms with Gasteiger partial charge in [0.25, 0.3) is 0 Å².